The molecule has 29 heavy (non-hydrogen) atoms. The predicted octanol–water partition coefficient (Wildman–Crippen LogP) is 6.53. The molecule has 0 aliphatic heterocycles. The van der Waals surface area contributed by atoms with Gasteiger partial charge in [-0.25, -0.2) is 0 Å². The molecule has 0 saturated heterocycles. The lowest BCUT2D eigenvalue weighted by Crippen LogP contribution is -2.14. The summed E-state index contributed by atoms with van der Waals surface area (Å²) >= 11 is 11.9. The second-order valence-corrected chi connectivity index (χ2v) is 7.28. The van der Waals surface area contributed by atoms with Crippen molar-refractivity contribution in [2.24, 2.45) is 0 Å². The van der Waals surface area contributed by atoms with Gasteiger partial charge in [-0.1, -0.05) is 23.2 Å². The smallest absolute Gasteiger partial charge is 0.255 e. The molecule has 3 rings (SSSR count). The highest BCUT2D eigenvalue weighted by Crippen LogP contribution is 2.25. The molecule has 0 bridgehead atoms. The van der Waals surface area contributed by atoms with E-state index in [4.69, 9.17) is 32.7 Å². The zero-order chi connectivity index (χ0) is 20.8. The van der Waals surface area contributed by atoms with Crippen LogP contribution in [0.15, 0.2) is 60.7 Å². The number of ether oxygens (including phenoxy) is 2. The molecule has 3 aromatic rings. The maximum absolute atomic E-state index is 12.7. The van der Waals surface area contributed by atoms with E-state index in [9.17, 15) is 4.79 Å². The lowest BCUT2D eigenvalue weighted by molar-refractivity contribution is 0.102. The number of benzene rings is 3. The normalized spacial score (nSPS) is 10.5. The summed E-state index contributed by atoms with van der Waals surface area (Å²) in [6.45, 7) is 4.58. The van der Waals surface area contributed by atoms with Crippen molar-refractivity contribution in [3.05, 3.63) is 87.4 Å². The van der Waals surface area contributed by atoms with Crippen LogP contribution in [0.3, 0.4) is 0 Å². The van der Waals surface area contributed by atoms with Crippen LogP contribution in [0.2, 0.25) is 10.0 Å². The van der Waals surface area contributed by atoms with Crippen molar-refractivity contribution in [1.29, 1.82) is 0 Å². The fraction of sp³-hybridized carbons (Fsp3) is 0.174. The van der Waals surface area contributed by atoms with E-state index in [1.165, 1.54) is 0 Å². The first-order chi connectivity index (χ1) is 14.0. The summed E-state index contributed by atoms with van der Waals surface area (Å²) in [7, 11) is 0. The molecule has 1 N–H and O–H groups in total. The molecule has 150 valence electrons. The van der Waals surface area contributed by atoms with Crippen molar-refractivity contribution in [2.45, 2.75) is 20.5 Å². The second kappa shape index (κ2) is 9.68. The van der Waals surface area contributed by atoms with Gasteiger partial charge in [-0.05, 0) is 80.1 Å². The topological polar surface area (TPSA) is 47.6 Å². The van der Waals surface area contributed by atoms with Crippen LogP contribution in [-0.4, -0.2) is 12.5 Å². The molecular formula is C23H21Cl2NO3. The minimum Gasteiger partial charge on any atom is -0.493 e. The molecule has 0 radical (unpaired) electrons. The summed E-state index contributed by atoms with van der Waals surface area (Å²) in [6, 6.07) is 17.7. The van der Waals surface area contributed by atoms with Crippen molar-refractivity contribution in [2.75, 3.05) is 11.9 Å². The van der Waals surface area contributed by atoms with Crippen LogP contribution in [0.1, 0.15) is 28.4 Å². The Kier molecular flexibility index (Phi) is 7.02. The number of hydrogen-bond donors (Lipinski definition) is 1. The van der Waals surface area contributed by atoms with E-state index < -0.39 is 0 Å². The van der Waals surface area contributed by atoms with Gasteiger partial charge in [-0.15, -0.1) is 0 Å². The molecule has 4 nitrogen and oxygen atoms in total. The molecular weight excluding hydrogens is 409 g/mol. The number of carbonyl (C=O) groups is 1. The monoisotopic (exact) mass is 429 g/mol. The highest BCUT2D eigenvalue weighted by atomic mass is 35.5. The number of halogens is 2. The van der Waals surface area contributed by atoms with Crippen LogP contribution >= 0.6 is 23.2 Å². The number of carbonyl (C=O) groups excluding carboxylic acids is 1. The van der Waals surface area contributed by atoms with Crippen LogP contribution in [0.25, 0.3) is 0 Å². The van der Waals surface area contributed by atoms with Gasteiger partial charge in [0, 0.05) is 26.9 Å². The molecule has 0 aromatic heterocycles. The molecule has 0 heterocycles. The molecule has 0 spiro atoms. The van der Waals surface area contributed by atoms with E-state index >= 15 is 0 Å². The van der Waals surface area contributed by atoms with Crippen LogP contribution < -0.4 is 14.8 Å². The van der Waals surface area contributed by atoms with Crippen LogP contribution in [0.4, 0.5) is 5.69 Å². The van der Waals surface area contributed by atoms with E-state index in [0.29, 0.717) is 39.4 Å². The summed E-state index contributed by atoms with van der Waals surface area (Å²) in [5.74, 6) is 1.15. The summed E-state index contributed by atoms with van der Waals surface area (Å²) in [6.07, 6.45) is 0. The lowest BCUT2D eigenvalue weighted by Gasteiger charge is -2.14. The van der Waals surface area contributed by atoms with E-state index in [2.05, 4.69) is 5.32 Å². The van der Waals surface area contributed by atoms with Crippen molar-refractivity contribution in [3.8, 4) is 11.5 Å². The standard InChI is InChI=1S/C23H21Cl2NO3/c1-3-28-22-11-4-16(23(27)26-21-10-7-19(25)12-15(21)2)13-17(22)14-29-20-8-5-18(24)6-9-20/h4-13H,3,14H2,1-2H3,(H,26,27). The Morgan fingerprint density at radius 1 is 0.931 bits per heavy atom. The van der Waals surface area contributed by atoms with Crippen molar-refractivity contribution in [3.63, 3.8) is 0 Å². The average Bonchev–Trinajstić information content (AvgIpc) is 2.70. The molecule has 0 atom stereocenters. The second-order valence-electron chi connectivity index (χ2n) is 6.41. The molecule has 0 aliphatic carbocycles. The first kappa shape index (κ1) is 21.0. The third-order valence-electron chi connectivity index (χ3n) is 4.27. The van der Waals surface area contributed by atoms with Crippen molar-refractivity contribution < 1.29 is 14.3 Å². The molecule has 3 aromatic carbocycles. The van der Waals surface area contributed by atoms with Crippen LogP contribution in [0.5, 0.6) is 11.5 Å². The molecule has 0 unspecified atom stereocenters. The maximum atomic E-state index is 12.7. The first-order valence-electron chi connectivity index (χ1n) is 9.18. The molecule has 6 heteroatoms. The number of aryl methyl sites for hydroxylation is 1. The van der Waals surface area contributed by atoms with Crippen molar-refractivity contribution in [1.82, 2.24) is 0 Å². The Bertz CT molecular complexity index is 1000. The summed E-state index contributed by atoms with van der Waals surface area (Å²) in [4.78, 5) is 12.7. The van der Waals surface area contributed by atoms with E-state index in [1.807, 2.05) is 13.8 Å². The SMILES string of the molecule is CCOc1ccc(C(=O)Nc2ccc(Cl)cc2C)cc1COc1ccc(Cl)cc1. The third kappa shape index (κ3) is 5.66. The minimum atomic E-state index is -0.216. The van der Waals surface area contributed by atoms with Crippen molar-refractivity contribution >= 4 is 34.8 Å². The molecule has 0 aliphatic rings. The number of rotatable bonds is 7. The number of anilines is 1. The van der Waals surface area contributed by atoms with E-state index in [0.717, 1.165) is 11.1 Å². The Balaban J connectivity index is 1.79. The summed E-state index contributed by atoms with van der Waals surface area (Å²) in [5, 5.41) is 4.19. The van der Waals surface area contributed by atoms with Gasteiger partial charge in [0.2, 0.25) is 0 Å². The van der Waals surface area contributed by atoms with Crippen LogP contribution in [-0.2, 0) is 6.61 Å². The van der Waals surface area contributed by atoms with Gasteiger partial charge < -0.3 is 14.8 Å². The number of amides is 1. The van der Waals surface area contributed by atoms with Gasteiger partial charge in [-0.2, -0.15) is 0 Å². The number of nitrogens with one attached hydrogen (secondary N) is 1. The van der Waals surface area contributed by atoms with Gasteiger partial charge in [0.25, 0.3) is 5.91 Å². The largest absolute Gasteiger partial charge is 0.493 e. The summed E-state index contributed by atoms with van der Waals surface area (Å²) < 4.78 is 11.5. The van der Waals surface area contributed by atoms with Gasteiger partial charge in [0.15, 0.2) is 0 Å². The van der Waals surface area contributed by atoms with E-state index in [-0.39, 0.29) is 12.5 Å². The zero-order valence-corrected chi connectivity index (χ0v) is 17.7. The summed E-state index contributed by atoms with van der Waals surface area (Å²) in [5.41, 5.74) is 2.90. The molecule has 0 fully saturated rings. The Labute approximate surface area is 180 Å². The highest BCUT2D eigenvalue weighted by Gasteiger charge is 2.13. The highest BCUT2D eigenvalue weighted by molar-refractivity contribution is 6.31. The number of hydrogen-bond acceptors (Lipinski definition) is 3. The lowest BCUT2D eigenvalue weighted by atomic mass is 10.1. The first-order valence-corrected chi connectivity index (χ1v) is 9.93. The minimum absolute atomic E-state index is 0.216. The fourth-order valence-electron chi connectivity index (χ4n) is 2.78. The van der Waals surface area contributed by atoms with E-state index in [1.54, 1.807) is 60.7 Å². The van der Waals surface area contributed by atoms with Crippen LogP contribution in [0, 0.1) is 6.92 Å². The Hall–Kier alpha value is -2.69. The van der Waals surface area contributed by atoms with Gasteiger partial charge in [0.05, 0.1) is 6.61 Å². The van der Waals surface area contributed by atoms with Gasteiger partial charge >= 0.3 is 0 Å². The Morgan fingerprint density at radius 3 is 2.34 bits per heavy atom. The third-order valence-corrected chi connectivity index (χ3v) is 4.75. The quantitative estimate of drug-likeness (QED) is 0.464. The maximum Gasteiger partial charge on any atom is 0.255 e. The van der Waals surface area contributed by atoms with Gasteiger partial charge in [0.1, 0.15) is 18.1 Å². The predicted molar refractivity (Wildman–Crippen MR) is 118 cm³/mol. The molecule has 1 amide bonds. The van der Waals surface area contributed by atoms with Gasteiger partial charge in [-0.3, -0.25) is 4.79 Å². The Morgan fingerprint density at radius 2 is 1.66 bits per heavy atom. The fourth-order valence-corrected chi connectivity index (χ4v) is 3.14. The average molecular weight is 430 g/mol. The molecule has 0 saturated carbocycles. The zero-order valence-electron chi connectivity index (χ0n) is 16.2.